The molecule has 0 amide bonds. The zero-order valence-corrected chi connectivity index (χ0v) is 10.2. The summed E-state index contributed by atoms with van der Waals surface area (Å²) in [5.74, 6) is -0.953. The van der Waals surface area contributed by atoms with E-state index < -0.39 is 13.6 Å². The van der Waals surface area contributed by atoms with Crippen molar-refractivity contribution in [1.82, 2.24) is 0 Å². The maximum Gasteiger partial charge on any atom is 0.335 e. The van der Waals surface area contributed by atoms with Crippen molar-refractivity contribution in [2.45, 2.75) is 5.92 Å². The second-order valence-electron chi connectivity index (χ2n) is 3.99. The quantitative estimate of drug-likeness (QED) is 0.822. The summed E-state index contributed by atoms with van der Waals surface area (Å²) in [6.07, 6.45) is 0. The Morgan fingerprint density at radius 3 is 2.29 bits per heavy atom. The molecule has 1 aliphatic heterocycles. The molecule has 1 aliphatic rings. The van der Waals surface area contributed by atoms with Crippen LogP contribution in [0, 0.1) is 0 Å². The van der Waals surface area contributed by atoms with Crippen LogP contribution in [0.4, 0.5) is 0 Å². The largest absolute Gasteiger partial charge is 0.478 e. The van der Waals surface area contributed by atoms with E-state index in [0.29, 0.717) is 13.2 Å². The van der Waals surface area contributed by atoms with Crippen LogP contribution < -0.4 is 0 Å². The lowest BCUT2D eigenvalue weighted by atomic mass is 10.00. The van der Waals surface area contributed by atoms with Gasteiger partial charge < -0.3 is 14.2 Å². The molecule has 2 rings (SSSR count). The lowest BCUT2D eigenvalue weighted by Gasteiger charge is -2.27. The summed E-state index contributed by atoms with van der Waals surface area (Å²) in [6, 6.07) is 6.54. The molecule has 0 aromatic heterocycles. The summed E-state index contributed by atoms with van der Waals surface area (Å²) in [5, 5.41) is 8.77. The van der Waals surface area contributed by atoms with Crippen LogP contribution in [-0.2, 0) is 13.6 Å². The molecule has 0 spiro atoms. The smallest absolute Gasteiger partial charge is 0.335 e. The van der Waals surface area contributed by atoms with Crippen molar-refractivity contribution in [3.05, 3.63) is 35.4 Å². The van der Waals surface area contributed by atoms with E-state index in [9.17, 15) is 9.36 Å². The Balaban J connectivity index is 2.09. The third-order valence-corrected chi connectivity index (χ3v) is 3.89. The summed E-state index contributed by atoms with van der Waals surface area (Å²) in [5.41, 5.74) is 1.17. The number of carbonyl (C=O) groups is 1. The summed E-state index contributed by atoms with van der Waals surface area (Å²) in [6.45, 7) is 2.11. The molecule has 6 heteroatoms. The number of rotatable bonds is 2. The number of benzene rings is 1. The van der Waals surface area contributed by atoms with E-state index in [1.807, 2.05) is 0 Å². The van der Waals surface area contributed by atoms with Gasteiger partial charge in [-0.2, -0.15) is 0 Å². The fourth-order valence-corrected chi connectivity index (χ4v) is 2.60. The average Bonchev–Trinajstić information content (AvgIpc) is 2.29. The molecule has 0 radical (unpaired) electrons. The van der Waals surface area contributed by atoms with E-state index >= 15 is 0 Å². The number of hydrogen-bond acceptors (Lipinski definition) is 4. The van der Waals surface area contributed by atoms with E-state index in [1.54, 1.807) is 12.1 Å². The summed E-state index contributed by atoms with van der Waals surface area (Å²) in [4.78, 5) is 10.7. The number of carboxylic acid groups (broad SMARTS) is 1. The molecule has 1 N–H and O–H groups in total. The van der Waals surface area contributed by atoms with Gasteiger partial charge in [0.2, 0.25) is 0 Å². The van der Waals surface area contributed by atoms with Gasteiger partial charge in [-0.25, -0.2) is 4.79 Å². The van der Waals surface area contributed by atoms with Gasteiger partial charge in [0.05, 0.1) is 18.8 Å². The Labute approximate surface area is 98.9 Å². The van der Waals surface area contributed by atoms with E-state index in [-0.39, 0.29) is 11.5 Å². The first-order valence-electron chi connectivity index (χ1n) is 5.18. The Bertz CT molecular complexity index is 455. The molecular weight excluding hydrogens is 243 g/mol. The fourth-order valence-electron chi connectivity index (χ4n) is 1.63. The predicted octanol–water partition coefficient (Wildman–Crippen LogP) is 2.34. The fraction of sp³-hybridized carbons (Fsp3) is 0.364. The molecular formula is C11H13O5P. The van der Waals surface area contributed by atoms with E-state index in [1.165, 1.54) is 18.8 Å². The molecule has 0 atom stereocenters. The maximum absolute atomic E-state index is 11.4. The third-order valence-electron chi connectivity index (χ3n) is 2.65. The van der Waals surface area contributed by atoms with E-state index in [4.69, 9.17) is 14.2 Å². The van der Waals surface area contributed by atoms with Crippen molar-refractivity contribution in [2.24, 2.45) is 0 Å². The minimum atomic E-state index is -2.86. The van der Waals surface area contributed by atoms with Gasteiger partial charge in [0.15, 0.2) is 0 Å². The molecule has 0 aliphatic carbocycles. The van der Waals surface area contributed by atoms with Gasteiger partial charge in [-0.1, -0.05) is 12.1 Å². The van der Waals surface area contributed by atoms with Crippen molar-refractivity contribution < 1.29 is 23.5 Å². The highest BCUT2D eigenvalue weighted by atomic mass is 31.2. The summed E-state index contributed by atoms with van der Waals surface area (Å²) >= 11 is 0. The zero-order chi connectivity index (χ0) is 12.5. The molecule has 0 unspecified atom stereocenters. The van der Waals surface area contributed by atoms with E-state index in [0.717, 1.165) is 5.56 Å². The first kappa shape index (κ1) is 12.3. The second kappa shape index (κ2) is 4.61. The van der Waals surface area contributed by atoms with Crippen molar-refractivity contribution in [3.63, 3.8) is 0 Å². The van der Waals surface area contributed by atoms with Crippen LogP contribution in [0.1, 0.15) is 21.8 Å². The lowest BCUT2D eigenvalue weighted by Crippen LogP contribution is -2.19. The highest BCUT2D eigenvalue weighted by Gasteiger charge is 2.28. The third kappa shape index (κ3) is 2.94. The van der Waals surface area contributed by atoms with Crippen LogP contribution >= 0.6 is 7.60 Å². The molecule has 0 bridgehead atoms. The highest BCUT2D eigenvalue weighted by Crippen LogP contribution is 2.48. The maximum atomic E-state index is 11.4. The predicted molar refractivity (Wildman–Crippen MR) is 61.6 cm³/mol. The molecule has 92 valence electrons. The van der Waals surface area contributed by atoms with Gasteiger partial charge in [-0.3, -0.25) is 4.57 Å². The number of carboxylic acids is 1. The van der Waals surface area contributed by atoms with Crippen molar-refractivity contribution >= 4 is 13.6 Å². The van der Waals surface area contributed by atoms with Gasteiger partial charge in [-0.15, -0.1) is 0 Å². The standard InChI is InChI=1S/C11H13O5P/c1-17(14)15-6-10(7-16-17)8-2-4-9(5-3-8)11(12)13/h2-5,10H,6-7H2,1H3,(H,12,13). The highest BCUT2D eigenvalue weighted by molar-refractivity contribution is 7.53. The Kier molecular flexibility index (Phi) is 3.33. The van der Waals surface area contributed by atoms with Crippen LogP contribution in [0.15, 0.2) is 24.3 Å². The van der Waals surface area contributed by atoms with Crippen molar-refractivity contribution in [1.29, 1.82) is 0 Å². The second-order valence-corrected chi connectivity index (χ2v) is 6.05. The van der Waals surface area contributed by atoms with Crippen LogP contribution in [0.3, 0.4) is 0 Å². The number of hydrogen-bond donors (Lipinski definition) is 1. The lowest BCUT2D eigenvalue weighted by molar-refractivity contribution is 0.0697. The van der Waals surface area contributed by atoms with E-state index in [2.05, 4.69) is 0 Å². The molecule has 1 aromatic rings. The van der Waals surface area contributed by atoms with Gasteiger partial charge in [0.25, 0.3) is 0 Å². The van der Waals surface area contributed by atoms with Crippen LogP contribution in [-0.4, -0.2) is 31.0 Å². The Morgan fingerprint density at radius 2 is 1.82 bits per heavy atom. The molecule has 5 nitrogen and oxygen atoms in total. The van der Waals surface area contributed by atoms with Gasteiger partial charge >= 0.3 is 13.6 Å². The van der Waals surface area contributed by atoms with Crippen LogP contribution in [0.2, 0.25) is 0 Å². The minimum absolute atomic E-state index is 0.000120. The SMILES string of the molecule is CP1(=O)OCC(c2ccc(C(=O)O)cc2)CO1. The van der Waals surface area contributed by atoms with Gasteiger partial charge in [0, 0.05) is 12.6 Å². The van der Waals surface area contributed by atoms with Crippen LogP contribution in [0.5, 0.6) is 0 Å². The Hall–Kier alpha value is -1.16. The van der Waals surface area contributed by atoms with Gasteiger partial charge in [0.1, 0.15) is 0 Å². The first-order valence-corrected chi connectivity index (χ1v) is 7.17. The molecule has 17 heavy (non-hydrogen) atoms. The molecule has 0 saturated carbocycles. The summed E-state index contributed by atoms with van der Waals surface area (Å²) < 4.78 is 21.7. The van der Waals surface area contributed by atoms with Gasteiger partial charge in [-0.05, 0) is 17.7 Å². The molecule has 1 heterocycles. The van der Waals surface area contributed by atoms with Crippen molar-refractivity contribution in [2.75, 3.05) is 19.9 Å². The average molecular weight is 256 g/mol. The zero-order valence-electron chi connectivity index (χ0n) is 9.33. The molecule has 1 aromatic carbocycles. The van der Waals surface area contributed by atoms with Crippen LogP contribution in [0.25, 0.3) is 0 Å². The summed E-state index contributed by atoms with van der Waals surface area (Å²) in [7, 11) is -2.86. The number of aromatic carboxylic acids is 1. The Morgan fingerprint density at radius 1 is 1.29 bits per heavy atom. The monoisotopic (exact) mass is 256 g/mol. The molecule has 1 saturated heterocycles. The topological polar surface area (TPSA) is 72.8 Å². The minimum Gasteiger partial charge on any atom is -0.478 e. The first-order chi connectivity index (χ1) is 7.98. The van der Waals surface area contributed by atoms with Crippen molar-refractivity contribution in [3.8, 4) is 0 Å². The normalized spacial score (nSPS) is 28.9. The molecule has 1 fully saturated rings.